The number of fused-ring (bicyclic) bond motifs is 1. The third-order valence-electron chi connectivity index (χ3n) is 6.60. The van der Waals surface area contributed by atoms with Gasteiger partial charge in [0.05, 0.1) is 5.56 Å². The van der Waals surface area contributed by atoms with Crippen LogP contribution in [0, 0.1) is 0 Å². The highest BCUT2D eigenvalue weighted by Crippen LogP contribution is 2.35. The third kappa shape index (κ3) is 4.14. The number of thioether (sulfide) groups is 1. The number of nitrogens with one attached hydrogen (secondary N) is 1. The van der Waals surface area contributed by atoms with Gasteiger partial charge in [0, 0.05) is 12.5 Å². The predicted molar refractivity (Wildman–Crippen MR) is 134 cm³/mol. The number of aromatic carboxylic acids is 1. The molecule has 1 saturated carbocycles. The molecule has 0 unspecified atom stereocenters. The van der Waals surface area contributed by atoms with E-state index in [-0.39, 0.29) is 11.1 Å². The first kappa shape index (κ1) is 22.4. The van der Waals surface area contributed by atoms with Crippen molar-refractivity contribution < 1.29 is 9.90 Å². The molecule has 1 aliphatic rings. The Labute approximate surface area is 201 Å². The van der Waals surface area contributed by atoms with Crippen LogP contribution in [0.5, 0.6) is 0 Å². The van der Waals surface area contributed by atoms with Gasteiger partial charge < -0.3 is 9.67 Å². The zero-order chi connectivity index (χ0) is 23.7. The summed E-state index contributed by atoms with van der Waals surface area (Å²) in [6.07, 6.45) is 7.69. The van der Waals surface area contributed by atoms with Crippen molar-refractivity contribution in [1.29, 1.82) is 0 Å². The third-order valence-corrected chi connectivity index (χ3v) is 7.27. The average Bonchev–Trinajstić information content (AvgIpc) is 3.25. The van der Waals surface area contributed by atoms with E-state index in [0.717, 1.165) is 34.8 Å². The number of hydrogen-bond donors (Lipinski definition) is 2. The number of carbonyl (C=O) groups is 1. The van der Waals surface area contributed by atoms with Gasteiger partial charge in [0.15, 0.2) is 0 Å². The van der Waals surface area contributed by atoms with E-state index >= 15 is 0 Å². The van der Waals surface area contributed by atoms with Crippen LogP contribution in [0.1, 0.15) is 59.8 Å². The van der Waals surface area contributed by atoms with E-state index in [4.69, 9.17) is 4.98 Å². The van der Waals surface area contributed by atoms with E-state index in [9.17, 15) is 14.7 Å². The van der Waals surface area contributed by atoms with E-state index in [2.05, 4.69) is 14.8 Å². The number of nitrogens with zero attached hydrogens (tertiary/aromatic N) is 3. The van der Waals surface area contributed by atoms with Gasteiger partial charge in [0.2, 0.25) is 0 Å². The van der Waals surface area contributed by atoms with Crippen molar-refractivity contribution in [2.45, 2.75) is 49.6 Å². The largest absolute Gasteiger partial charge is 0.478 e. The molecule has 7 nitrogen and oxygen atoms in total. The van der Waals surface area contributed by atoms with Gasteiger partial charge in [-0.05, 0) is 41.9 Å². The Bertz CT molecular complexity index is 1400. The molecule has 0 radical (unpaired) electrons. The van der Waals surface area contributed by atoms with Crippen molar-refractivity contribution >= 4 is 28.8 Å². The second-order valence-electron chi connectivity index (χ2n) is 8.70. The minimum atomic E-state index is -0.945. The summed E-state index contributed by atoms with van der Waals surface area (Å²) in [6, 6.07) is 14.9. The molecule has 0 bridgehead atoms. The molecule has 0 spiro atoms. The highest BCUT2D eigenvalue weighted by atomic mass is 32.2. The zero-order valence-electron chi connectivity index (χ0n) is 19.0. The van der Waals surface area contributed by atoms with Gasteiger partial charge in [0.1, 0.15) is 21.9 Å². The number of aromatic nitrogens is 4. The van der Waals surface area contributed by atoms with Crippen LogP contribution in [-0.2, 0) is 6.54 Å². The molecule has 8 heteroatoms. The number of imidazole rings is 1. The Hall–Kier alpha value is -3.39. The molecule has 1 aliphatic carbocycles. The summed E-state index contributed by atoms with van der Waals surface area (Å²) >= 11 is 1.48. The van der Waals surface area contributed by atoms with Gasteiger partial charge in [-0.2, -0.15) is 5.10 Å². The molecule has 1 fully saturated rings. The Morgan fingerprint density at radius 3 is 2.56 bits per heavy atom. The lowest BCUT2D eigenvalue weighted by Gasteiger charge is -2.22. The van der Waals surface area contributed by atoms with Crippen LogP contribution in [0.3, 0.4) is 0 Å². The highest BCUT2D eigenvalue weighted by Gasteiger charge is 2.25. The van der Waals surface area contributed by atoms with Crippen LogP contribution in [-0.4, -0.2) is 37.1 Å². The van der Waals surface area contributed by atoms with Crippen molar-refractivity contribution in [1.82, 2.24) is 19.7 Å². The summed E-state index contributed by atoms with van der Waals surface area (Å²) < 4.78 is 2.06. The number of aromatic amines is 1. The molecule has 2 heterocycles. The van der Waals surface area contributed by atoms with Crippen molar-refractivity contribution in [2.75, 3.05) is 6.26 Å². The maximum atomic E-state index is 12.9. The van der Waals surface area contributed by atoms with E-state index < -0.39 is 5.97 Å². The van der Waals surface area contributed by atoms with E-state index in [1.54, 1.807) is 12.1 Å². The van der Waals surface area contributed by atoms with Crippen LogP contribution in [0.15, 0.2) is 58.4 Å². The topological polar surface area (TPSA) is 101 Å². The number of carboxylic acid groups (broad SMARTS) is 1. The fourth-order valence-corrected chi connectivity index (χ4v) is 5.40. The standard InChI is InChI=1S/C26H26N4O3S/c1-34-25-21-22(24(31)28-29-25)30(23(27-21)18-7-3-2-4-8-18)15-16-11-13-17(14-12-16)19-9-5-6-10-20(19)26(32)33/h5-6,9-14,18H,2-4,7-8,15H2,1H3,(H,28,31)(H,32,33). The second kappa shape index (κ2) is 9.46. The van der Waals surface area contributed by atoms with Crippen molar-refractivity contribution in [3.8, 4) is 11.1 Å². The lowest BCUT2D eigenvalue weighted by Crippen LogP contribution is -2.17. The molecule has 5 rings (SSSR count). The van der Waals surface area contributed by atoms with Gasteiger partial charge in [0.25, 0.3) is 5.56 Å². The molecule has 0 aliphatic heterocycles. The first-order chi connectivity index (χ1) is 16.6. The first-order valence-electron chi connectivity index (χ1n) is 11.5. The molecule has 0 amide bonds. The normalized spacial score (nSPS) is 14.5. The number of hydrogen-bond acceptors (Lipinski definition) is 5. The SMILES string of the molecule is CSc1n[nH]c(=O)c2c1nc(C1CCCCC1)n2Cc1ccc(-c2ccccc2C(=O)O)cc1. The molecule has 2 aromatic heterocycles. The van der Waals surface area contributed by atoms with Crippen LogP contribution < -0.4 is 5.56 Å². The number of H-pyrrole nitrogens is 1. The maximum absolute atomic E-state index is 12.9. The lowest BCUT2D eigenvalue weighted by molar-refractivity contribution is 0.0697. The van der Waals surface area contributed by atoms with Crippen molar-refractivity contribution in [2.24, 2.45) is 0 Å². The molecule has 4 aromatic rings. The summed E-state index contributed by atoms with van der Waals surface area (Å²) in [5.74, 6) is 0.347. The number of benzene rings is 2. The van der Waals surface area contributed by atoms with Crippen molar-refractivity contribution in [3.05, 3.63) is 75.8 Å². The smallest absolute Gasteiger partial charge is 0.336 e. The number of rotatable bonds is 6. The maximum Gasteiger partial charge on any atom is 0.336 e. The second-order valence-corrected chi connectivity index (χ2v) is 9.49. The van der Waals surface area contributed by atoms with Gasteiger partial charge in [-0.3, -0.25) is 4.79 Å². The van der Waals surface area contributed by atoms with E-state index in [0.29, 0.717) is 29.1 Å². The summed E-state index contributed by atoms with van der Waals surface area (Å²) in [5, 5.41) is 17.1. The van der Waals surface area contributed by atoms with Gasteiger partial charge in [-0.1, -0.05) is 61.7 Å². The first-order valence-corrected chi connectivity index (χ1v) is 12.7. The zero-order valence-corrected chi connectivity index (χ0v) is 19.8. The summed E-state index contributed by atoms with van der Waals surface area (Å²) in [6.45, 7) is 0.518. The summed E-state index contributed by atoms with van der Waals surface area (Å²) in [4.78, 5) is 29.4. The lowest BCUT2D eigenvalue weighted by atomic mass is 9.88. The molecule has 34 heavy (non-hydrogen) atoms. The number of carboxylic acids is 1. The Morgan fingerprint density at radius 1 is 1.12 bits per heavy atom. The molecule has 0 atom stereocenters. The average molecular weight is 475 g/mol. The van der Waals surface area contributed by atoms with Crippen LogP contribution in [0.25, 0.3) is 22.2 Å². The van der Waals surface area contributed by atoms with Crippen molar-refractivity contribution in [3.63, 3.8) is 0 Å². The summed E-state index contributed by atoms with van der Waals surface area (Å²) in [5.41, 5.74) is 3.84. The Kier molecular flexibility index (Phi) is 6.24. The predicted octanol–water partition coefficient (Wildman–Crippen LogP) is 5.30. The van der Waals surface area contributed by atoms with E-state index in [1.165, 1.54) is 31.0 Å². The summed E-state index contributed by atoms with van der Waals surface area (Å²) in [7, 11) is 0. The fraction of sp³-hybridized carbons (Fsp3) is 0.308. The molecule has 2 aromatic carbocycles. The quantitative estimate of drug-likeness (QED) is 0.368. The molecule has 174 valence electrons. The minimum Gasteiger partial charge on any atom is -0.478 e. The monoisotopic (exact) mass is 474 g/mol. The van der Waals surface area contributed by atoms with E-state index in [1.807, 2.05) is 42.7 Å². The molecule has 2 N–H and O–H groups in total. The highest BCUT2D eigenvalue weighted by molar-refractivity contribution is 7.98. The van der Waals surface area contributed by atoms with Crippen LogP contribution in [0.4, 0.5) is 0 Å². The van der Waals surface area contributed by atoms with Crippen LogP contribution >= 0.6 is 11.8 Å². The van der Waals surface area contributed by atoms with Gasteiger partial charge in [-0.15, -0.1) is 11.8 Å². The molecular weight excluding hydrogens is 448 g/mol. The minimum absolute atomic E-state index is 0.227. The van der Waals surface area contributed by atoms with Gasteiger partial charge in [-0.25, -0.2) is 14.9 Å². The van der Waals surface area contributed by atoms with Gasteiger partial charge >= 0.3 is 5.97 Å². The Balaban J connectivity index is 1.56. The van der Waals surface area contributed by atoms with Crippen LogP contribution in [0.2, 0.25) is 0 Å². The Morgan fingerprint density at radius 2 is 1.85 bits per heavy atom. The molecular formula is C26H26N4O3S. The molecule has 0 saturated heterocycles. The fourth-order valence-electron chi connectivity index (χ4n) is 4.93.